The quantitative estimate of drug-likeness (QED) is 0.775. The van der Waals surface area contributed by atoms with Gasteiger partial charge in [0.1, 0.15) is 11.7 Å². The lowest BCUT2D eigenvalue weighted by Crippen LogP contribution is -2.57. The molecule has 0 aliphatic carbocycles. The summed E-state index contributed by atoms with van der Waals surface area (Å²) in [5.41, 5.74) is 1.49. The van der Waals surface area contributed by atoms with Crippen molar-refractivity contribution in [2.75, 3.05) is 0 Å². The summed E-state index contributed by atoms with van der Waals surface area (Å²) in [5.74, 6) is -0.490. The van der Waals surface area contributed by atoms with Gasteiger partial charge in [0.05, 0.1) is 18.3 Å². The molecule has 2 aromatic carbocycles. The third-order valence-corrected chi connectivity index (χ3v) is 4.47. The van der Waals surface area contributed by atoms with Gasteiger partial charge in [0.25, 0.3) is 0 Å². The van der Waals surface area contributed by atoms with Crippen molar-refractivity contribution in [3.05, 3.63) is 59.1 Å². The average Bonchev–Trinajstić information content (AvgIpc) is 2.66. The molecule has 2 amide bonds. The van der Waals surface area contributed by atoms with Crippen LogP contribution < -0.4 is 10.1 Å². The van der Waals surface area contributed by atoms with E-state index in [1.165, 1.54) is 4.90 Å². The maximum Gasteiger partial charge on any atom is 0.241 e. The number of hydrogen-bond donors (Lipinski definition) is 1. The third-order valence-electron chi connectivity index (χ3n) is 4.22. The lowest BCUT2D eigenvalue weighted by molar-refractivity contribution is -0.140. The van der Waals surface area contributed by atoms with Crippen molar-refractivity contribution in [2.24, 2.45) is 10.9 Å². The average molecular weight is 400 g/mol. The molecule has 0 aromatic heterocycles. The Kier molecular flexibility index (Phi) is 5.99. The number of aliphatic imine (C=N–C) groups is 1. The summed E-state index contributed by atoms with van der Waals surface area (Å²) in [5, 5.41) is 3.35. The summed E-state index contributed by atoms with van der Waals surface area (Å²) in [6, 6.07) is 14.4. The first-order valence-electron chi connectivity index (χ1n) is 9.05. The van der Waals surface area contributed by atoms with Gasteiger partial charge >= 0.3 is 0 Å². The number of carbonyl (C=O) groups excluding carboxylic acids is 2. The number of ether oxygens (including phenoxy) is 1. The molecule has 0 saturated carbocycles. The van der Waals surface area contributed by atoms with E-state index < -0.39 is 5.92 Å². The highest BCUT2D eigenvalue weighted by Gasteiger charge is 2.36. The number of nitrogens with zero attached hydrogens (tertiary/aromatic N) is 2. The number of amides is 2. The largest absolute Gasteiger partial charge is 0.491 e. The molecule has 1 unspecified atom stereocenters. The second kappa shape index (κ2) is 8.44. The highest BCUT2D eigenvalue weighted by molar-refractivity contribution is 6.30. The summed E-state index contributed by atoms with van der Waals surface area (Å²) < 4.78 is 5.62. The molecule has 0 spiro atoms. The number of benzene rings is 2. The molecule has 2 aromatic rings. The predicted molar refractivity (Wildman–Crippen MR) is 109 cm³/mol. The van der Waals surface area contributed by atoms with E-state index in [0.29, 0.717) is 10.7 Å². The standard InChI is InChI=1S/C21H22ClN3O3/c1-13(2)28-18-10-8-17(9-11-18)23-21-24-19(26)14(3)20(27)25(21)12-15-4-6-16(22)7-5-15/h4-11,13-14H,12H2,1-3H3,(H,23,24,26). The maximum atomic E-state index is 12.7. The zero-order valence-electron chi connectivity index (χ0n) is 16.0. The molecule has 6 nitrogen and oxygen atoms in total. The van der Waals surface area contributed by atoms with E-state index in [9.17, 15) is 9.59 Å². The molecule has 1 aliphatic heterocycles. The lowest BCUT2D eigenvalue weighted by atomic mass is 10.1. The second-order valence-corrected chi connectivity index (χ2v) is 7.29. The molecule has 146 valence electrons. The van der Waals surface area contributed by atoms with Crippen LogP contribution in [0.3, 0.4) is 0 Å². The van der Waals surface area contributed by atoms with E-state index in [0.717, 1.165) is 11.3 Å². The first-order chi connectivity index (χ1) is 13.3. The van der Waals surface area contributed by atoms with Gasteiger partial charge in [-0.3, -0.25) is 19.8 Å². The third kappa shape index (κ3) is 4.70. The van der Waals surface area contributed by atoms with Crippen molar-refractivity contribution in [3.8, 4) is 5.75 Å². The maximum absolute atomic E-state index is 12.7. The molecule has 3 rings (SSSR count). The van der Waals surface area contributed by atoms with Gasteiger partial charge < -0.3 is 4.74 Å². The Balaban J connectivity index is 1.88. The van der Waals surface area contributed by atoms with Gasteiger partial charge in [0.15, 0.2) is 0 Å². The number of halogens is 1. The van der Waals surface area contributed by atoms with Crippen molar-refractivity contribution in [2.45, 2.75) is 33.4 Å². The van der Waals surface area contributed by atoms with Crippen molar-refractivity contribution in [3.63, 3.8) is 0 Å². The van der Waals surface area contributed by atoms with Crippen LogP contribution >= 0.6 is 11.6 Å². The predicted octanol–water partition coefficient (Wildman–Crippen LogP) is 3.91. The fraction of sp³-hybridized carbons (Fsp3) is 0.286. The van der Waals surface area contributed by atoms with Crippen LogP contribution in [0.15, 0.2) is 53.5 Å². The molecule has 0 bridgehead atoms. The van der Waals surface area contributed by atoms with Crippen LogP contribution in [0.4, 0.5) is 5.69 Å². The van der Waals surface area contributed by atoms with E-state index in [1.807, 2.05) is 26.0 Å². The van der Waals surface area contributed by atoms with Crippen LogP contribution in [0.5, 0.6) is 5.75 Å². The topological polar surface area (TPSA) is 71.0 Å². The number of carbonyl (C=O) groups is 2. The van der Waals surface area contributed by atoms with Crippen LogP contribution in [0.25, 0.3) is 0 Å². The molecular formula is C21H22ClN3O3. The minimum absolute atomic E-state index is 0.0729. The van der Waals surface area contributed by atoms with Crippen LogP contribution in [0.1, 0.15) is 26.3 Å². The van der Waals surface area contributed by atoms with Gasteiger partial charge in [0, 0.05) is 5.02 Å². The molecule has 1 saturated heterocycles. The number of rotatable bonds is 5. The van der Waals surface area contributed by atoms with E-state index in [4.69, 9.17) is 16.3 Å². The fourth-order valence-electron chi connectivity index (χ4n) is 2.74. The van der Waals surface area contributed by atoms with Gasteiger partial charge in [-0.25, -0.2) is 4.99 Å². The number of hydrogen-bond acceptors (Lipinski definition) is 4. The molecule has 1 atom stereocenters. The van der Waals surface area contributed by atoms with E-state index >= 15 is 0 Å². The van der Waals surface area contributed by atoms with E-state index in [-0.39, 0.29) is 30.4 Å². The zero-order chi connectivity index (χ0) is 20.3. The normalized spacial score (nSPS) is 18.5. The summed E-state index contributed by atoms with van der Waals surface area (Å²) in [6.07, 6.45) is 0.0729. The number of nitrogens with one attached hydrogen (secondary N) is 1. The monoisotopic (exact) mass is 399 g/mol. The molecular weight excluding hydrogens is 378 g/mol. The molecule has 1 N–H and O–H groups in total. The van der Waals surface area contributed by atoms with Gasteiger partial charge in [-0.05, 0) is 62.7 Å². The van der Waals surface area contributed by atoms with E-state index in [2.05, 4.69) is 10.3 Å². The van der Waals surface area contributed by atoms with Crippen molar-refractivity contribution < 1.29 is 14.3 Å². The molecule has 1 fully saturated rings. The zero-order valence-corrected chi connectivity index (χ0v) is 16.7. The lowest BCUT2D eigenvalue weighted by Gasteiger charge is -2.31. The van der Waals surface area contributed by atoms with Crippen molar-refractivity contribution >= 4 is 35.1 Å². The van der Waals surface area contributed by atoms with Crippen LogP contribution in [-0.2, 0) is 16.1 Å². The SMILES string of the molecule is CC(C)Oc1ccc(/N=C2\NC(=O)C(C)C(=O)N2Cc2ccc(Cl)cc2)cc1. The Morgan fingerprint density at radius 3 is 2.36 bits per heavy atom. The van der Waals surface area contributed by atoms with Gasteiger partial charge in [-0.2, -0.15) is 0 Å². The van der Waals surface area contributed by atoms with Crippen LogP contribution in [-0.4, -0.2) is 28.8 Å². The smallest absolute Gasteiger partial charge is 0.241 e. The van der Waals surface area contributed by atoms with Crippen molar-refractivity contribution in [1.29, 1.82) is 0 Å². The Morgan fingerprint density at radius 1 is 1.11 bits per heavy atom. The van der Waals surface area contributed by atoms with Crippen LogP contribution in [0.2, 0.25) is 5.02 Å². The highest BCUT2D eigenvalue weighted by atomic mass is 35.5. The summed E-state index contributed by atoms with van der Waals surface area (Å²) in [6.45, 7) is 5.77. The molecule has 1 heterocycles. The summed E-state index contributed by atoms with van der Waals surface area (Å²) in [7, 11) is 0. The second-order valence-electron chi connectivity index (χ2n) is 6.86. The molecule has 0 radical (unpaired) electrons. The molecule has 28 heavy (non-hydrogen) atoms. The Bertz CT molecular complexity index is 892. The van der Waals surface area contributed by atoms with Gasteiger partial charge in [-0.15, -0.1) is 0 Å². The summed E-state index contributed by atoms with van der Waals surface area (Å²) in [4.78, 5) is 30.8. The first-order valence-corrected chi connectivity index (χ1v) is 9.43. The minimum atomic E-state index is -0.770. The summed E-state index contributed by atoms with van der Waals surface area (Å²) >= 11 is 5.93. The van der Waals surface area contributed by atoms with Gasteiger partial charge in [0.2, 0.25) is 17.8 Å². The fourth-order valence-corrected chi connectivity index (χ4v) is 2.87. The Labute approximate surface area is 169 Å². The molecule has 1 aliphatic rings. The Hall–Kier alpha value is -2.86. The number of guanidine groups is 1. The first kappa shape index (κ1) is 19.9. The Morgan fingerprint density at radius 2 is 1.75 bits per heavy atom. The van der Waals surface area contributed by atoms with Gasteiger partial charge in [-0.1, -0.05) is 23.7 Å². The van der Waals surface area contributed by atoms with Crippen LogP contribution in [0, 0.1) is 5.92 Å². The van der Waals surface area contributed by atoms with Crippen molar-refractivity contribution in [1.82, 2.24) is 10.2 Å². The highest BCUT2D eigenvalue weighted by Crippen LogP contribution is 2.22. The molecule has 7 heteroatoms. The van der Waals surface area contributed by atoms with E-state index in [1.54, 1.807) is 43.3 Å². The minimum Gasteiger partial charge on any atom is -0.491 e.